The van der Waals surface area contributed by atoms with Crippen molar-refractivity contribution >= 4 is 17.5 Å². The second-order valence-electron chi connectivity index (χ2n) is 5.78. The average molecular weight is 278 g/mol. The molecule has 0 unspecified atom stereocenters. The van der Waals surface area contributed by atoms with E-state index in [1.807, 2.05) is 20.8 Å². The molecule has 0 atom stereocenters. The molecule has 0 aromatic heterocycles. The molecule has 5 nitrogen and oxygen atoms in total. The number of carbonyl (C=O) groups is 2. The van der Waals surface area contributed by atoms with Gasteiger partial charge in [-0.25, -0.2) is 0 Å². The van der Waals surface area contributed by atoms with Crippen molar-refractivity contribution in [2.24, 2.45) is 5.41 Å². The van der Waals surface area contributed by atoms with Gasteiger partial charge in [0.15, 0.2) is 0 Å². The van der Waals surface area contributed by atoms with Crippen LogP contribution in [0.15, 0.2) is 18.2 Å². The largest absolute Gasteiger partial charge is 0.497 e. The number of ether oxygens (including phenoxy) is 1. The smallest absolute Gasteiger partial charge is 0.253 e. The second kappa shape index (κ2) is 6.41. The van der Waals surface area contributed by atoms with Gasteiger partial charge in [0.05, 0.1) is 18.4 Å². The highest BCUT2D eigenvalue weighted by Gasteiger charge is 2.18. The number of amides is 2. The predicted molar refractivity (Wildman–Crippen MR) is 79.1 cm³/mol. The monoisotopic (exact) mass is 278 g/mol. The molecule has 0 aliphatic rings. The lowest BCUT2D eigenvalue weighted by molar-refractivity contribution is -0.117. The first-order valence-corrected chi connectivity index (χ1v) is 6.47. The molecule has 2 N–H and O–H groups in total. The lowest BCUT2D eigenvalue weighted by atomic mass is 9.92. The summed E-state index contributed by atoms with van der Waals surface area (Å²) in [6, 6.07) is 4.98. The minimum Gasteiger partial charge on any atom is -0.497 e. The summed E-state index contributed by atoms with van der Waals surface area (Å²) in [4.78, 5) is 23.8. The van der Waals surface area contributed by atoms with Gasteiger partial charge in [-0.3, -0.25) is 9.59 Å². The molecule has 1 rings (SSSR count). The minimum atomic E-state index is -0.269. The van der Waals surface area contributed by atoms with Crippen molar-refractivity contribution in [1.29, 1.82) is 0 Å². The van der Waals surface area contributed by atoms with Crippen LogP contribution in [0, 0.1) is 5.41 Å². The van der Waals surface area contributed by atoms with Gasteiger partial charge in [-0.2, -0.15) is 0 Å². The Bertz CT molecular complexity index is 504. The molecule has 0 aliphatic carbocycles. The van der Waals surface area contributed by atoms with Gasteiger partial charge < -0.3 is 15.4 Å². The highest BCUT2D eigenvalue weighted by molar-refractivity contribution is 6.04. The number of benzene rings is 1. The summed E-state index contributed by atoms with van der Waals surface area (Å²) in [5.41, 5.74) is 0.762. The Hall–Kier alpha value is -2.04. The molecule has 0 aliphatic heterocycles. The summed E-state index contributed by atoms with van der Waals surface area (Å²) in [6.07, 6.45) is 0.381. The van der Waals surface area contributed by atoms with Crippen molar-refractivity contribution in [1.82, 2.24) is 5.32 Å². The molecule has 0 saturated heterocycles. The van der Waals surface area contributed by atoms with Crippen molar-refractivity contribution < 1.29 is 14.3 Å². The number of hydrogen-bond donors (Lipinski definition) is 2. The van der Waals surface area contributed by atoms with E-state index in [9.17, 15) is 9.59 Å². The van der Waals surface area contributed by atoms with E-state index in [2.05, 4.69) is 10.6 Å². The fourth-order valence-corrected chi connectivity index (χ4v) is 1.76. The van der Waals surface area contributed by atoms with Gasteiger partial charge in [-0.15, -0.1) is 0 Å². The summed E-state index contributed by atoms with van der Waals surface area (Å²) >= 11 is 0. The molecule has 5 heteroatoms. The Labute approximate surface area is 119 Å². The van der Waals surface area contributed by atoms with Crippen molar-refractivity contribution in [2.45, 2.75) is 27.2 Å². The summed E-state index contributed by atoms with van der Waals surface area (Å²) in [6.45, 7) is 5.96. The first-order valence-electron chi connectivity index (χ1n) is 6.47. The molecule has 20 heavy (non-hydrogen) atoms. The molecule has 1 aromatic carbocycles. The van der Waals surface area contributed by atoms with E-state index in [0.717, 1.165) is 0 Å². The highest BCUT2D eigenvalue weighted by Crippen LogP contribution is 2.24. The van der Waals surface area contributed by atoms with Gasteiger partial charge in [0.2, 0.25) is 5.91 Å². The second-order valence-corrected chi connectivity index (χ2v) is 5.78. The van der Waals surface area contributed by atoms with Crippen LogP contribution in [-0.2, 0) is 4.79 Å². The van der Waals surface area contributed by atoms with Gasteiger partial charge >= 0.3 is 0 Å². The van der Waals surface area contributed by atoms with Gasteiger partial charge in [-0.1, -0.05) is 20.8 Å². The fourth-order valence-electron chi connectivity index (χ4n) is 1.76. The number of nitrogens with one attached hydrogen (secondary N) is 2. The van der Waals surface area contributed by atoms with E-state index < -0.39 is 0 Å². The van der Waals surface area contributed by atoms with Crippen LogP contribution in [0.4, 0.5) is 5.69 Å². The number of carbonyl (C=O) groups excluding carboxylic acids is 2. The first-order chi connectivity index (χ1) is 9.26. The average Bonchev–Trinajstić information content (AvgIpc) is 2.36. The zero-order valence-corrected chi connectivity index (χ0v) is 12.7. The molecule has 0 saturated carbocycles. The van der Waals surface area contributed by atoms with Crippen molar-refractivity contribution in [3.8, 4) is 5.75 Å². The molecular weight excluding hydrogens is 256 g/mol. The van der Waals surface area contributed by atoms with Gasteiger partial charge in [0.1, 0.15) is 5.75 Å². The SMILES string of the molecule is CNC(=O)c1cc(OC)ccc1NC(=O)CC(C)(C)C. The van der Waals surface area contributed by atoms with E-state index in [1.165, 1.54) is 7.11 Å². The van der Waals surface area contributed by atoms with Crippen LogP contribution in [0.5, 0.6) is 5.75 Å². The Morgan fingerprint density at radius 2 is 1.90 bits per heavy atom. The summed E-state index contributed by atoms with van der Waals surface area (Å²) in [5, 5.41) is 5.33. The number of anilines is 1. The van der Waals surface area contributed by atoms with E-state index in [1.54, 1.807) is 25.2 Å². The highest BCUT2D eigenvalue weighted by atomic mass is 16.5. The maximum atomic E-state index is 12.0. The third kappa shape index (κ3) is 4.57. The number of methoxy groups -OCH3 is 1. The molecule has 0 spiro atoms. The molecular formula is C15H22N2O3. The van der Waals surface area contributed by atoms with Crippen LogP contribution < -0.4 is 15.4 Å². The fraction of sp³-hybridized carbons (Fsp3) is 0.467. The molecule has 0 radical (unpaired) electrons. The van der Waals surface area contributed by atoms with Crippen LogP contribution >= 0.6 is 0 Å². The van der Waals surface area contributed by atoms with E-state index >= 15 is 0 Å². The first kappa shape index (κ1) is 16.0. The molecule has 110 valence electrons. The van der Waals surface area contributed by atoms with Gasteiger partial charge in [-0.05, 0) is 23.6 Å². The van der Waals surface area contributed by atoms with Crippen LogP contribution in [-0.4, -0.2) is 26.0 Å². The van der Waals surface area contributed by atoms with Crippen molar-refractivity contribution in [3.05, 3.63) is 23.8 Å². The van der Waals surface area contributed by atoms with Crippen LogP contribution in [0.1, 0.15) is 37.6 Å². The summed E-state index contributed by atoms with van der Waals surface area (Å²) in [7, 11) is 3.07. The lowest BCUT2D eigenvalue weighted by Crippen LogP contribution is -2.23. The summed E-state index contributed by atoms with van der Waals surface area (Å²) in [5.74, 6) is 0.181. The molecule has 2 amide bonds. The van der Waals surface area contributed by atoms with Crippen LogP contribution in [0.3, 0.4) is 0 Å². The third-order valence-electron chi connectivity index (χ3n) is 2.66. The molecule has 0 heterocycles. The topological polar surface area (TPSA) is 67.4 Å². The summed E-state index contributed by atoms with van der Waals surface area (Å²) < 4.78 is 5.10. The lowest BCUT2D eigenvalue weighted by Gasteiger charge is -2.18. The van der Waals surface area contributed by atoms with Crippen LogP contribution in [0.25, 0.3) is 0 Å². The van der Waals surface area contributed by atoms with Crippen molar-refractivity contribution in [2.75, 3.05) is 19.5 Å². The Morgan fingerprint density at radius 1 is 1.25 bits per heavy atom. The minimum absolute atomic E-state index is 0.107. The van der Waals surface area contributed by atoms with Crippen molar-refractivity contribution in [3.63, 3.8) is 0 Å². The Kier molecular flexibility index (Phi) is 5.13. The van der Waals surface area contributed by atoms with Crippen LogP contribution in [0.2, 0.25) is 0 Å². The molecule has 0 fully saturated rings. The zero-order chi connectivity index (χ0) is 15.3. The normalized spacial score (nSPS) is 10.8. The number of hydrogen-bond acceptors (Lipinski definition) is 3. The maximum Gasteiger partial charge on any atom is 0.253 e. The van der Waals surface area contributed by atoms with E-state index in [0.29, 0.717) is 23.4 Å². The zero-order valence-electron chi connectivity index (χ0n) is 12.7. The quantitative estimate of drug-likeness (QED) is 0.889. The maximum absolute atomic E-state index is 12.0. The predicted octanol–water partition coefficient (Wildman–Crippen LogP) is 2.43. The number of rotatable bonds is 4. The third-order valence-corrected chi connectivity index (χ3v) is 2.66. The van der Waals surface area contributed by atoms with Gasteiger partial charge in [0.25, 0.3) is 5.91 Å². The molecule has 0 bridgehead atoms. The molecule has 1 aromatic rings. The van der Waals surface area contributed by atoms with Gasteiger partial charge in [0, 0.05) is 13.5 Å². The van der Waals surface area contributed by atoms with E-state index in [4.69, 9.17) is 4.74 Å². The Balaban J connectivity index is 2.99. The Morgan fingerprint density at radius 3 is 2.40 bits per heavy atom. The van der Waals surface area contributed by atoms with E-state index in [-0.39, 0.29) is 17.2 Å². The standard InChI is InChI=1S/C15H22N2O3/c1-15(2,3)9-13(18)17-12-7-6-10(20-5)8-11(12)14(19)16-4/h6-8H,9H2,1-5H3,(H,16,19)(H,17,18).